The highest BCUT2D eigenvalue weighted by Crippen LogP contribution is 2.21. The number of aromatic amines is 1. The summed E-state index contributed by atoms with van der Waals surface area (Å²) in [6.07, 6.45) is 4.86. The van der Waals surface area contributed by atoms with E-state index in [0.717, 1.165) is 0 Å². The molecule has 22 heteroatoms. The Balaban J connectivity index is 2.07. The van der Waals surface area contributed by atoms with Crippen molar-refractivity contribution >= 4 is 53.2 Å². The van der Waals surface area contributed by atoms with E-state index in [0.29, 0.717) is 37.9 Å². The molecule has 2 aliphatic rings. The second-order valence-corrected chi connectivity index (χ2v) is 14.6. The van der Waals surface area contributed by atoms with E-state index in [1.165, 1.54) is 17.4 Å². The van der Waals surface area contributed by atoms with Gasteiger partial charge in [-0.25, -0.2) is 4.98 Å². The number of nitrogens with two attached hydrogens (primary N) is 4. The Morgan fingerprint density at radius 1 is 0.845 bits per heavy atom. The second kappa shape index (κ2) is 23.4. The van der Waals surface area contributed by atoms with Crippen molar-refractivity contribution in [1.29, 1.82) is 0 Å². The average Bonchev–Trinajstić information content (AvgIpc) is 3.90. The van der Waals surface area contributed by atoms with Crippen LogP contribution in [0.5, 0.6) is 0 Å². The monoisotopic (exact) mass is 816 g/mol. The van der Waals surface area contributed by atoms with Crippen LogP contribution in [0.15, 0.2) is 17.5 Å². The lowest BCUT2D eigenvalue weighted by Crippen LogP contribution is -2.60. The van der Waals surface area contributed by atoms with Crippen LogP contribution in [0.1, 0.15) is 83.7 Å². The van der Waals surface area contributed by atoms with Gasteiger partial charge in [0.2, 0.25) is 47.3 Å². The van der Waals surface area contributed by atoms with Gasteiger partial charge in [-0.05, 0) is 63.8 Å². The summed E-state index contributed by atoms with van der Waals surface area (Å²) in [7, 11) is 0. The molecule has 1 aromatic heterocycles. The van der Waals surface area contributed by atoms with Crippen molar-refractivity contribution in [3.8, 4) is 0 Å². The first-order chi connectivity index (χ1) is 27.6. The maximum atomic E-state index is 14.3. The fraction of sp³-hybridized carbons (Fsp3) is 0.667. The van der Waals surface area contributed by atoms with Crippen LogP contribution < -0.4 is 54.8 Å². The summed E-state index contributed by atoms with van der Waals surface area (Å²) in [5.41, 5.74) is 22.5. The first-order valence-electron chi connectivity index (χ1n) is 19.7. The number of imidazole rings is 1. The summed E-state index contributed by atoms with van der Waals surface area (Å²) < 4.78 is 0. The zero-order chi connectivity index (χ0) is 42.8. The summed E-state index contributed by atoms with van der Waals surface area (Å²) in [5, 5.41) is 15.9. The van der Waals surface area contributed by atoms with Crippen LogP contribution in [-0.4, -0.2) is 131 Å². The van der Waals surface area contributed by atoms with Crippen molar-refractivity contribution in [3.63, 3.8) is 0 Å². The van der Waals surface area contributed by atoms with Crippen LogP contribution in [0.2, 0.25) is 0 Å². The topological polar surface area (TPSA) is 357 Å². The van der Waals surface area contributed by atoms with Crippen LogP contribution in [0, 0.1) is 5.92 Å². The zero-order valence-corrected chi connectivity index (χ0v) is 33.2. The van der Waals surface area contributed by atoms with Gasteiger partial charge in [0, 0.05) is 37.8 Å². The molecule has 7 atom stereocenters. The molecular formula is C36H60N14O8. The number of nitrogens with zero attached hydrogens (tertiary/aromatic N) is 3. The highest BCUT2D eigenvalue weighted by Gasteiger charge is 2.40. The van der Waals surface area contributed by atoms with Crippen LogP contribution in [0.3, 0.4) is 0 Å². The number of guanidine groups is 1. The van der Waals surface area contributed by atoms with Gasteiger partial charge in [-0.15, -0.1) is 0 Å². The molecule has 7 unspecified atom stereocenters. The largest absolute Gasteiger partial charge is 0.370 e. The molecule has 58 heavy (non-hydrogen) atoms. The van der Waals surface area contributed by atoms with E-state index in [1.807, 2.05) is 6.92 Å². The fourth-order valence-corrected chi connectivity index (χ4v) is 6.70. The Morgan fingerprint density at radius 2 is 1.52 bits per heavy atom. The Labute approximate surface area is 336 Å². The molecule has 22 nitrogen and oxygen atoms in total. The van der Waals surface area contributed by atoms with Gasteiger partial charge in [0.25, 0.3) is 0 Å². The van der Waals surface area contributed by atoms with Crippen LogP contribution in [-0.2, 0) is 44.8 Å². The van der Waals surface area contributed by atoms with Crippen LogP contribution in [0.4, 0.5) is 0 Å². The normalized spacial score (nSPS) is 24.8. The molecule has 15 N–H and O–H groups in total. The summed E-state index contributed by atoms with van der Waals surface area (Å²) in [6, 6.07) is -7.13. The fourth-order valence-electron chi connectivity index (χ4n) is 6.70. The summed E-state index contributed by atoms with van der Waals surface area (Å²) in [6.45, 7) is 3.60. The average molecular weight is 817 g/mol. The quantitative estimate of drug-likeness (QED) is 0.0458. The van der Waals surface area contributed by atoms with E-state index in [1.54, 1.807) is 6.92 Å². The third kappa shape index (κ3) is 14.6. The molecule has 322 valence electrons. The van der Waals surface area contributed by atoms with Gasteiger partial charge in [0.15, 0.2) is 5.96 Å². The summed E-state index contributed by atoms with van der Waals surface area (Å²) in [5.74, 6) is -6.32. The maximum Gasteiger partial charge on any atom is 0.245 e. The number of nitrogens with one attached hydrogen (secondary N) is 7. The lowest BCUT2D eigenvalue weighted by molar-refractivity contribution is -0.143. The minimum absolute atomic E-state index is 0.0315. The van der Waals surface area contributed by atoms with Crippen molar-refractivity contribution < 1.29 is 38.4 Å². The molecule has 3 rings (SSSR count). The van der Waals surface area contributed by atoms with Gasteiger partial charge >= 0.3 is 0 Å². The van der Waals surface area contributed by atoms with Crippen molar-refractivity contribution in [3.05, 3.63) is 18.2 Å². The Bertz CT molecular complexity index is 1620. The van der Waals surface area contributed by atoms with Crippen LogP contribution >= 0.6 is 0 Å². The van der Waals surface area contributed by atoms with Gasteiger partial charge in [0.1, 0.15) is 36.3 Å². The number of carbonyl (C=O) groups is 8. The molecule has 0 radical (unpaired) electrons. The number of aliphatic imine (C=N–C) groups is 1. The number of carbonyl (C=O) groups excluding carboxylic acids is 8. The molecular weight excluding hydrogens is 756 g/mol. The number of unbranched alkanes of at least 4 members (excludes halogenated alkanes) is 1. The van der Waals surface area contributed by atoms with Crippen molar-refractivity contribution in [1.82, 2.24) is 46.8 Å². The Morgan fingerprint density at radius 3 is 2.17 bits per heavy atom. The van der Waals surface area contributed by atoms with E-state index in [-0.39, 0.29) is 64.0 Å². The molecule has 2 saturated heterocycles. The Kier molecular flexibility index (Phi) is 18.8. The third-order valence-corrected chi connectivity index (χ3v) is 10.1. The molecule has 2 fully saturated rings. The van der Waals surface area contributed by atoms with Gasteiger partial charge in [-0.3, -0.25) is 43.3 Å². The van der Waals surface area contributed by atoms with E-state index in [2.05, 4.69) is 46.9 Å². The smallest absolute Gasteiger partial charge is 0.245 e. The van der Waals surface area contributed by atoms with E-state index < -0.39 is 96.0 Å². The lowest BCUT2D eigenvalue weighted by Gasteiger charge is -2.32. The van der Waals surface area contributed by atoms with Gasteiger partial charge in [0.05, 0.1) is 12.9 Å². The SMILES string of the molecule is CCC(C)C1NC(=O)C(CCCN=C(N)N)NC(=O)CNC(=O)C(CCC(N)=O)NC(=O)C(Cc2cnc[nH]2)NC(=O)C2CCCN2C(=O)C(CCCCN)NC1=O. The van der Waals surface area contributed by atoms with Crippen molar-refractivity contribution in [2.45, 2.75) is 121 Å². The standard InChI is InChI=1S/C36H60N14O8/c1-3-20(2)29-34(57)47-24(8-4-5-13-37)35(58)50-15-7-10-26(50)33(56)48-25(16-21-17-41-19-44-21)32(55)46-23(11-12-27(38)51)30(53)43-18-28(52)45-22(31(54)49-29)9-6-14-42-36(39)40/h17,19-20,22-26,29H,3-16,18,37H2,1-2H3,(H2,38,51)(H,41,44)(H,43,53)(H,45,52)(H,46,55)(H,47,57)(H,48,56)(H,49,54)(H4,39,40,42). The third-order valence-electron chi connectivity index (χ3n) is 10.1. The highest BCUT2D eigenvalue weighted by molar-refractivity contribution is 5.98. The molecule has 0 aromatic carbocycles. The highest BCUT2D eigenvalue weighted by atomic mass is 16.2. The molecule has 8 amide bonds. The first kappa shape index (κ1) is 46.6. The minimum atomic E-state index is -1.38. The number of amides is 8. The lowest BCUT2D eigenvalue weighted by atomic mass is 9.96. The zero-order valence-electron chi connectivity index (χ0n) is 33.2. The molecule has 2 aliphatic heterocycles. The number of primary amides is 1. The van der Waals surface area contributed by atoms with E-state index >= 15 is 0 Å². The number of rotatable bonds is 15. The maximum absolute atomic E-state index is 14.3. The summed E-state index contributed by atoms with van der Waals surface area (Å²) in [4.78, 5) is 121. The molecule has 0 aliphatic carbocycles. The number of hydrogen-bond acceptors (Lipinski definition) is 11. The molecule has 0 spiro atoms. The Hall–Kier alpha value is -5.80. The van der Waals surface area contributed by atoms with Crippen molar-refractivity contribution in [2.75, 3.05) is 26.2 Å². The number of aromatic nitrogens is 2. The van der Waals surface area contributed by atoms with Crippen LogP contribution in [0.25, 0.3) is 0 Å². The number of H-pyrrole nitrogens is 1. The number of hydrogen-bond donors (Lipinski definition) is 11. The summed E-state index contributed by atoms with van der Waals surface area (Å²) >= 11 is 0. The molecule has 3 heterocycles. The van der Waals surface area contributed by atoms with Gasteiger partial charge < -0.3 is 64.7 Å². The predicted octanol–water partition coefficient (Wildman–Crippen LogP) is -4.01. The predicted molar refractivity (Wildman–Crippen MR) is 210 cm³/mol. The van der Waals surface area contributed by atoms with E-state index in [4.69, 9.17) is 22.9 Å². The van der Waals surface area contributed by atoms with Crippen molar-refractivity contribution in [2.24, 2.45) is 33.8 Å². The van der Waals surface area contributed by atoms with Gasteiger partial charge in [-0.2, -0.15) is 0 Å². The van der Waals surface area contributed by atoms with Gasteiger partial charge in [-0.1, -0.05) is 20.3 Å². The number of fused-ring (bicyclic) bond motifs is 1. The first-order valence-corrected chi connectivity index (χ1v) is 19.7. The van der Waals surface area contributed by atoms with E-state index in [9.17, 15) is 38.4 Å². The second-order valence-electron chi connectivity index (χ2n) is 14.6. The molecule has 0 saturated carbocycles. The minimum Gasteiger partial charge on any atom is -0.370 e. The molecule has 1 aromatic rings. The molecule has 0 bridgehead atoms.